The van der Waals surface area contributed by atoms with Gasteiger partial charge in [-0.2, -0.15) is 5.10 Å². The maximum atomic E-state index is 11.7. The third kappa shape index (κ3) is 2.02. The van der Waals surface area contributed by atoms with Crippen molar-refractivity contribution >= 4 is 11.6 Å². The predicted octanol–water partition coefficient (Wildman–Crippen LogP) is 1.54. The van der Waals surface area contributed by atoms with Crippen LogP contribution < -0.4 is 5.73 Å². The summed E-state index contributed by atoms with van der Waals surface area (Å²) in [5.74, 6) is 0.404. The molecule has 2 N–H and O–H groups in total. The first kappa shape index (κ1) is 10.5. The van der Waals surface area contributed by atoms with E-state index in [1.165, 1.54) is 10.9 Å². The summed E-state index contributed by atoms with van der Waals surface area (Å²) < 4.78 is 1.49. The van der Waals surface area contributed by atoms with Crippen LogP contribution >= 0.6 is 0 Å². The minimum Gasteiger partial charge on any atom is -0.383 e. The van der Waals surface area contributed by atoms with Crippen molar-refractivity contribution in [3.8, 4) is 0 Å². The summed E-state index contributed by atoms with van der Waals surface area (Å²) in [7, 11) is 1.71. The van der Waals surface area contributed by atoms with Gasteiger partial charge >= 0.3 is 0 Å². The van der Waals surface area contributed by atoms with Gasteiger partial charge < -0.3 is 5.73 Å². The third-order valence-corrected chi connectivity index (χ3v) is 2.20. The van der Waals surface area contributed by atoms with Crippen LogP contribution in [0.5, 0.6) is 0 Å². The molecule has 76 valence electrons. The van der Waals surface area contributed by atoms with E-state index in [1.54, 1.807) is 7.05 Å². The molecule has 0 aromatic carbocycles. The quantitative estimate of drug-likeness (QED) is 0.582. The topological polar surface area (TPSA) is 60.9 Å². The van der Waals surface area contributed by atoms with E-state index in [9.17, 15) is 4.79 Å². The van der Waals surface area contributed by atoms with E-state index in [-0.39, 0.29) is 5.78 Å². The Bertz CT molecular complexity index is 365. The number of hydrogen-bond donors (Lipinski definition) is 1. The zero-order chi connectivity index (χ0) is 10.7. The molecule has 1 rings (SSSR count). The molecule has 0 aliphatic carbocycles. The van der Waals surface area contributed by atoms with Crippen LogP contribution in [0.3, 0.4) is 0 Å². The minimum absolute atomic E-state index is 0.0116. The van der Waals surface area contributed by atoms with Crippen molar-refractivity contribution in [1.82, 2.24) is 9.78 Å². The second kappa shape index (κ2) is 4.09. The lowest BCUT2D eigenvalue weighted by atomic mass is 10.1. The van der Waals surface area contributed by atoms with Crippen LogP contribution in [0.1, 0.15) is 30.1 Å². The maximum Gasteiger partial charge on any atom is 0.172 e. The van der Waals surface area contributed by atoms with Gasteiger partial charge in [0, 0.05) is 13.5 Å². The van der Waals surface area contributed by atoms with Crippen LogP contribution in [-0.2, 0) is 7.05 Å². The molecule has 0 fully saturated rings. The molecule has 1 aromatic rings. The second-order valence-electron chi connectivity index (χ2n) is 3.27. The van der Waals surface area contributed by atoms with Crippen LogP contribution in [0.15, 0.2) is 18.3 Å². The van der Waals surface area contributed by atoms with E-state index < -0.39 is 0 Å². The number of aryl methyl sites for hydroxylation is 1. The third-order valence-electron chi connectivity index (χ3n) is 2.20. The number of nitrogen functional groups attached to an aromatic ring is 1. The van der Waals surface area contributed by atoms with Crippen molar-refractivity contribution in [3.05, 3.63) is 23.9 Å². The molecule has 0 spiro atoms. The van der Waals surface area contributed by atoms with Gasteiger partial charge in [0.15, 0.2) is 5.78 Å². The first-order chi connectivity index (χ1) is 6.56. The van der Waals surface area contributed by atoms with Gasteiger partial charge in [0.2, 0.25) is 0 Å². The fourth-order valence-corrected chi connectivity index (χ4v) is 1.11. The number of anilines is 1. The molecule has 4 heteroatoms. The number of aromatic nitrogens is 2. The monoisotopic (exact) mass is 193 g/mol. The summed E-state index contributed by atoms with van der Waals surface area (Å²) in [4.78, 5) is 11.7. The lowest BCUT2D eigenvalue weighted by Gasteiger charge is -2.01. The van der Waals surface area contributed by atoms with Gasteiger partial charge in [0.05, 0.1) is 11.8 Å². The van der Waals surface area contributed by atoms with Gasteiger partial charge in [-0.15, -0.1) is 0 Å². The Morgan fingerprint density at radius 1 is 1.71 bits per heavy atom. The number of carbonyl (C=O) groups excluding carboxylic acids is 1. The molecule has 0 radical (unpaired) electrons. The molecule has 1 heterocycles. The zero-order valence-electron chi connectivity index (χ0n) is 8.58. The Labute approximate surface area is 83.4 Å². The van der Waals surface area contributed by atoms with Gasteiger partial charge in [0.1, 0.15) is 5.82 Å². The van der Waals surface area contributed by atoms with Gasteiger partial charge in [-0.05, 0) is 6.42 Å². The molecule has 0 amide bonds. The molecule has 0 atom stereocenters. The van der Waals surface area contributed by atoms with E-state index in [2.05, 4.69) is 11.7 Å². The molecule has 0 unspecified atom stereocenters. The Hall–Kier alpha value is -1.58. The van der Waals surface area contributed by atoms with Crippen LogP contribution in [0.25, 0.3) is 0 Å². The molecule has 1 aromatic heterocycles. The molecular weight excluding hydrogens is 178 g/mol. The second-order valence-corrected chi connectivity index (χ2v) is 3.27. The highest BCUT2D eigenvalue weighted by molar-refractivity contribution is 6.01. The SMILES string of the molecule is C=C(CC)CC(=O)c1cnn(C)c1N. The molecule has 14 heavy (non-hydrogen) atoms. The van der Waals surface area contributed by atoms with E-state index in [1.807, 2.05) is 6.92 Å². The average molecular weight is 193 g/mol. The van der Waals surface area contributed by atoms with E-state index in [0.29, 0.717) is 17.8 Å². The van der Waals surface area contributed by atoms with Crippen LogP contribution in [-0.4, -0.2) is 15.6 Å². The molecule has 0 saturated carbocycles. The van der Waals surface area contributed by atoms with Crippen molar-refractivity contribution < 1.29 is 4.79 Å². The number of nitrogens with two attached hydrogens (primary N) is 1. The molecule has 4 nitrogen and oxygen atoms in total. The van der Waals surface area contributed by atoms with E-state index >= 15 is 0 Å². The molecule has 0 aliphatic rings. The average Bonchev–Trinajstić information content (AvgIpc) is 2.47. The number of nitrogens with zero attached hydrogens (tertiary/aromatic N) is 2. The molecule has 0 bridgehead atoms. The summed E-state index contributed by atoms with van der Waals surface area (Å²) in [6.07, 6.45) is 2.67. The summed E-state index contributed by atoms with van der Waals surface area (Å²) in [6, 6.07) is 0. The molecule has 0 saturated heterocycles. The zero-order valence-corrected chi connectivity index (χ0v) is 8.58. The first-order valence-electron chi connectivity index (χ1n) is 4.53. The van der Waals surface area contributed by atoms with Crippen LogP contribution in [0, 0.1) is 0 Å². The fourth-order valence-electron chi connectivity index (χ4n) is 1.11. The largest absolute Gasteiger partial charge is 0.383 e. The van der Waals surface area contributed by atoms with Gasteiger partial charge in [0.25, 0.3) is 0 Å². The number of allylic oxidation sites excluding steroid dienone is 1. The lowest BCUT2D eigenvalue weighted by molar-refractivity contribution is 0.0993. The molecular formula is C10H15N3O. The van der Waals surface area contributed by atoms with Gasteiger partial charge in [-0.1, -0.05) is 19.1 Å². The first-order valence-corrected chi connectivity index (χ1v) is 4.53. The highest BCUT2D eigenvalue weighted by Crippen LogP contribution is 2.15. The van der Waals surface area contributed by atoms with Crippen LogP contribution in [0.2, 0.25) is 0 Å². The van der Waals surface area contributed by atoms with Crippen molar-refractivity contribution in [2.24, 2.45) is 7.05 Å². The number of Topliss-reactive ketones (excluding diaryl/α,β-unsaturated/α-hetero) is 1. The van der Waals surface area contributed by atoms with Crippen LogP contribution in [0.4, 0.5) is 5.82 Å². The summed E-state index contributed by atoms with van der Waals surface area (Å²) >= 11 is 0. The standard InChI is InChI=1S/C10H15N3O/c1-4-7(2)5-9(14)8-6-12-13(3)10(8)11/h6H,2,4-5,11H2,1,3H3. The number of carbonyl (C=O) groups is 1. The maximum absolute atomic E-state index is 11.7. The lowest BCUT2D eigenvalue weighted by Crippen LogP contribution is -2.05. The fraction of sp³-hybridized carbons (Fsp3) is 0.400. The predicted molar refractivity (Wildman–Crippen MR) is 56.0 cm³/mol. The summed E-state index contributed by atoms with van der Waals surface area (Å²) in [5.41, 5.74) is 7.07. The summed E-state index contributed by atoms with van der Waals surface area (Å²) in [5, 5.41) is 3.91. The summed E-state index contributed by atoms with van der Waals surface area (Å²) in [6.45, 7) is 5.76. The smallest absolute Gasteiger partial charge is 0.172 e. The van der Waals surface area contributed by atoms with Gasteiger partial charge in [-0.3, -0.25) is 9.48 Å². The Morgan fingerprint density at radius 2 is 2.36 bits per heavy atom. The Balaban J connectivity index is 2.80. The molecule has 0 aliphatic heterocycles. The minimum atomic E-state index is -0.0116. The van der Waals surface area contributed by atoms with Crippen molar-refractivity contribution in [3.63, 3.8) is 0 Å². The number of ketones is 1. The number of rotatable bonds is 4. The highest BCUT2D eigenvalue weighted by Gasteiger charge is 2.13. The highest BCUT2D eigenvalue weighted by atomic mass is 16.1. The Kier molecular flexibility index (Phi) is 3.06. The van der Waals surface area contributed by atoms with Crippen molar-refractivity contribution in [1.29, 1.82) is 0 Å². The Morgan fingerprint density at radius 3 is 2.79 bits per heavy atom. The van der Waals surface area contributed by atoms with Crippen molar-refractivity contribution in [2.75, 3.05) is 5.73 Å². The normalized spacial score (nSPS) is 10.1. The number of hydrogen-bond acceptors (Lipinski definition) is 3. The van der Waals surface area contributed by atoms with E-state index in [4.69, 9.17) is 5.73 Å². The van der Waals surface area contributed by atoms with Crippen molar-refractivity contribution in [2.45, 2.75) is 19.8 Å². The van der Waals surface area contributed by atoms with Gasteiger partial charge in [-0.25, -0.2) is 0 Å². The van der Waals surface area contributed by atoms with E-state index in [0.717, 1.165) is 12.0 Å².